The average molecular weight is 455 g/mol. The van der Waals surface area contributed by atoms with Gasteiger partial charge in [-0.2, -0.15) is 0 Å². The summed E-state index contributed by atoms with van der Waals surface area (Å²) >= 11 is 0. The molecular formula is C24H22O7S. The van der Waals surface area contributed by atoms with E-state index in [1.807, 2.05) is 0 Å². The zero-order valence-electron chi connectivity index (χ0n) is 17.7. The third-order valence-corrected chi connectivity index (χ3v) is 5.70. The van der Waals surface area contributed by atoms with Gasteiger partial charge in [0.2, 0.25) is 0 Å². The Morgan fingerprint density at radius 3 is 1.75 bits per heavy atom. The molecule has 0 aliphatic carbocycles. The molecule has 0 unspecified atom stereocenters. The number of carboxylic acids is 1. The fraction of sp³-hybridized carbons (Fsp3) is 0.125. The lowest BCUT2D eigenvalue weighted by Gasteiger charge is -2.09. The van der Waals surface area contributed by atoms with Crippen LogP contribution in [0.1, 0.15) is 11.1 Å². The van der Waals surface area contributed by atoms with Crippen LogP contribution in [-0.2, 0) is 14.6 Å². The SMILES string of the molecule is COc1cc(C=C(C(=O)O)c2ccc(Oc3ccc(S(C)(=O)=O)cc3)cc2)cc(OC)c1. The van der Waals surface area contributed by atoms with Crippen molar-refractivity contribution in [3.8, 4) is 23.0 Å². The summed E-state index contributed by atoms with van der Waals surface area (Å²) in [7, 11) is -0.240. The van der Waals surface area contributed by atoms with Gasteiger partial charge in [0.25, 0.3) is 0 Å². The minimum Gasteiger partial charge on any atom is -0.497 e. The van der Waals surface area contributed by atoms with E-state index in [1.54, 1.807) is 54.6 Å². The van der Waals surface area contributed by atoms with Gasteiger partial charge >= 0.3 is 5.97 Å². The lowest BCUT2D eigenvalue weighted by molar-refractivity contribution is -0.130. The minimum absolute atomic E-state index is 0.0874. The molecule has 8 heteroatoms. The number of carbonyl (C=O) groups is 1. The van der Waals surface area contributed by atoms with Gasteiger partial charge in [-0.3, -0.25) is 0 Å². The summed E-state index contributed by atoms with van der Waals surface area (Å²) in [6.45, 7) is 0. The zero-order chi connectivity index (χ0) is 23.3. The van der Waals surface area contributed by atoms with E-state index in [0.717, 1.165) is 6.26 Å². The van der Waals surface area contributed by atoms with E-state index in [-0.39, 0.29) is 10.5 Å². The molecule has 3 aromatic carbocycles. The standard InChI is InChI=1S/C24H22O7S/c1-29-20-12-16(13-21(15-20)30-2)14-23(24(25)26)17-4-6-18(7-5-17)31-19-8-10-22(11-9-19)32(3,27)28/h4-15H,1-3H3,(H,25,26). The third kappa shape index (κ3) is 5.67. The molecule has 0 heterocycles. The summed E-state index contributed by atoms with van der Waals surface area (Å²) in [5.74, 6) is 0.949. The van der Waals surface area contributed by atoms with Crippen LogP contribution >= 0.6 is 0 Å². The quantitative estimate of drug-likeness (QED) is 0.394. The molecule has 0 atom stereocenters. The Bertz CT molecular complexity index is 1220. The fourth-order valence-electron chi connectivity index (χ4n) is 2.94. The molecule has 166 valence electrons. The first-order valence-electron chi connectivity index (χ1n) is 9.46. The highest BCUT2D eigenvalue weighted by atomic mass is 32.2. The Morgan fingerprint density at radius 1 is 0.812 bits per heavy atom. The van der Waals surface area contributed by atoms with Crippen LogP contribution in [0, 0.1) is 0 Å². The highest BCUT2D eigenvalue weighted by Gasteiger charge is 2.12. The smallest absolute Gasteiger partial charge is 0.336 e. The number of hydrogen-bond acceptors (Lipinski definition) is 6. The van der Waals surface area contributed by atoms with Crippen molar-refractivity contribution < 1.29 is 32.5 Å². The normalized spacial score (nSPS) is 11.7. The maximum Gasteiger partial charge on any atom is 0.336 e. The van der Waals surface area contributed by atoms with Crippen molar-refractivity contribution in [2.75, 3.05) is 20.5 Å². The average Bonchev–Trinajstić information content (AvgIpc) is 2.77. The van der Waals surface area contributed by atoms with Crippen molar-refractivity contribution in [3.63, 3.8) is 0 Å². The van der Waals surface area contributed by atoms with Crippen LogP contribution in [0.15, 0.2) is 71.6 Å². The number of benzene rings is 3. The van der Waals surface area contributed by atoms with E-state index < -0.39 is 15.8 Å². The summed E-state index contributed by atoms with van der Waals surface area (Å²) < 4.78 is 39.3. The highest BCUT2D eigenvalue weighted by Crippen LogP contribution is 2.28. The van der Waals surface area contributed by atoms with E-state index in [9.17, 15) is 18.3 Å². The zero-order valence-corrected chi connectivity index (χ0v) is 18.5. The molecule has 0 saturated carbocycles. The molecule has 0 fully saturated rings. The monoisotopic (exact) mass is 454 g/mol. The molecule has 0 radical (unpaired) electrons. The lowest BCUT2D eigenvalue weighted by atomic mass is 10.0. The summed E-state index contributed by atoms with van der Waals surface area (Å²) in [5, 5.41) is 9.73. The Balaban J connectivity index is 1.85. The van der Waals surface area contributed by atoms with Crippen molar-refractivity contribution in [2.24, 2.45) is 0 Å². The molecule has 32 heavy (non-hydrogen) atoms. The largest absolute Gasteiger partial charge is 0.497 e. The van der Waals surface area contributed by atoms with Gasteiger partial charge in [-0.05, 0) is 65.7 Å². The fourth-order valence-corrected chi connectivity index (χ4v) is 3.57. The van der Waals surface area contributed by atoms with Crippen molar-refractivity contribution in [3.05, 3.63) is 77.9 Å². The van der Waals surface area contributed by atoms with Gasteiger partial charge in [0.1, 0.15) is 23.0 Å². The molecule has 0 aliphatic rings. The van der Waals surface area contributed by atoms with Gasteiger partial charge in [-0.25, -0.2) is 13.2 Å². The molecule has 0 bridgehead atoms. The highest BCUT2D eigenvalue weighted by molar-refractivity contribution is 7.90. The Kier molecular flexibility index (Phi) is 6.85. The number of carboxylic acid groups (broad SMARTS) is 1. The van der Waals surface area contributed by atoms with Crippen molar-refractivity contribution in [1.82, 2.24) is 0 Å². The molecule has 3 rings (SSSR count). The predicted molar refractivity (Wildman–Crippen MR) is 121 cm³/mol. The Labute approximate surface area is 186 Å². The van der Waals surface area contributed by atoms with Gasteiger partial charge in [-0.1, -0.05) is 12.1 Å². The molecule has 0 spiro atoms. The molecule has 1 N–H and O–H groups in total. The second-order valence-corrected chi connectivity index (χ2v) is 8.89. The summed E-state index contributed by atoms with van der Waals surface area (Å²) in [6.07, 6.45) is 2.67. The molecule has 3 aromatic rings. The van der Waals surface area contributed by atoms with Crippen LogP contribution in [0.2, 0.25) is 0 Å². The van der Waals surface area contributed by atoms with Crippen LogP contribution < -0.4 is 14.2 Å². The van der Waals surface area contributed by atoms with Gasteiger partial charge in [0.05, 0.1) is 24.7 Å². The topological polar surface area (TPSA) is 99.1 Å². The molecule has 7 nitrogen and oxygen atoms in total. The van der Waals surface area contributed by atoms with E-state index in [4.69, 9.17) is 14.2 Å². The summed E-state index contributed by atoms with van der Waals surface area (Å²) in [5.41, 5.74) is 1.19. The predicted octanol–water partition coefficient (Wildman–Crippen LogP) is 4.52. The number of ether oxygens (including phenoxy) is 3. The number of rotatable bonds is 8. The third-order valence-electron chi connectivity index (χ3n) is 4.57. The van der Waals surface area contributed by atoms with E-state index >= 15 is 0 Å². The van der Waals surface area contributed by atoms with Crippen molar-refractivity contribution >= 4 is 27.5 Å². The molecule has 0 aliphatic heterocycles. The second-order valence-electron chi connectivity index (χ2n) is 6.88. The Hall–Kier alpha value is -3.78. The van der Waals surface area contributed by atoms with Crippen molar-refractivity contribution in [2.45, 2.75) is 4.90 Å². The minimum atomic E-state index is -3.28. The lowest BCUT2D eigenvalue weighted by Crippen LogP contribution is -2.00. The number of hydrogen-bond donors (Lipinski definition) is 1. The van der Waals surface area contributed by atoms with Gasteiger partial charge in [0, 0.05) is 12.3 Å². The molecule has 0 amide bonds. The van der Waals surface area contributed by atoms with E-state index in [1.165, 1.54) is 32.4 Å². The van der Waals surface area contributed by atoms with Crippen LogP contribution in [0.3, 0.4) is 0 Å². The van der Waals surface area contributed by atoms with Crippen molar-refractivity contribution in [1.29, 1.82) is 0 Å². The van der Waals surface area contributed by atoms with Gasteiger partial charge < -0.3 is 19.3 Å². The Morgan fingerprint density at radius 2 is 1.31 bits per heavy atom. The van der Waals surface area contributed by atoms with Gasteiger partial charge in [-0.15, -0.1) is 0 Å². The molecule has 0 saturated heterocycles. The molecular weight excluding hydrogens is 432 g/mol. The number of aliphatic carboxylic acids is 1. The van der Waals surface area contributed by atoms with E-state index in [0.29, 0.717) is 34.1 Å². The number of methoxy groups -OCH3 is 2. The first-order valence-corrected chi connectivity index (χ1v) is 11.3. The summed E-state index contributed by atoms with van der Waals surface area (Å²) in [4.78, 5) is 12.1. The van der Waals surface area contributed by atoms with Crippen LogP contribution in [-0.4, -0.2) is 40.0 Å². The van der Waals surface area contributed by atoms with Crippen LogP contribution in [0.4, 0.5) is 0 Å². The maximum absolute atomic E-state index is 11.9. The number of sulfone groups is 1. The maximum atomic E-state index is 11.9. The van der Waals surface area contributed by atoms with Gasteiger partial charge in [0.15, 0.2) is 9.84 Å². The molecule has 0 aromatic heterocycles. The van der Waals surface area contributed by atoms with Crippen LogP contribution in [0.5, 0.6) is 23.0 Å². The van der Waals surface area contributed by atoms with E-state index in [2.05, 4.69) is 0 Å². The first-order chi connectivity index (χ1) is 15.2. The first kappa shape index (κ1) is 22.9. The summed E-state index contributed by atoms with van der Waals surface area (Å²) in [6, 6.07) is 17.7. The second kappa shape index (κ2) is 9.57. The van der Waals surface area contributed by atoms with Crippen LogP contribution in [0.25, 0.3) is 11.6 Å².